The molecular formula is C16H18N4OS. The zero-order valence-electron chi connectivity index (χ0n) is 12.9. The topological polar surface area (TPSA) is 55.1 Å². The Hall–Kier alpha value is -2.05. The van der Waals surface area contributed by atoms with Gasteiger partial charge in [0, 0.05) is 22.0 Å². The highest BCUT2D eigenvalue weighted by atomic mass is 32.1. The summed E-state index contributed by atoms with van der Waals surface area (Å²) < 4.78 is 5.34. The minimum atomic E-state index is 0.309. The van der Waals surface area contributed by atoms with Crippen molar-refractivity contribution in [3.8, 4) is 11.5 Å². The van der Waals surface area contributed by atoms with Gasteiger partial charge in [-0.3, -0.25) is 9.88 Å². The van der Waals surface area contributed by atoms with E-state index < -0.39 is 0 Å². The smallest absolute Gasteiger partial charge is 0.241 e. The van der Waals surface area contributed by atoms with Crippen molar-refractivity contribution in [1.82, 2.24) is 20.0 Å². The number of hydrogen-bond donors (Lipinski definition) is 0. The van der Waals surface area contributed by atoms with Gasteiger partial charge < -0.3 is 4.52 Å². The molecule has 114 valence electrons. The predicted molar refractivity (Wildman–Crippen MR) is 86.5 cm³/mol. The highest BCUT2D eigenvalue weighted by molar-refractivity contribution is 7.12. The van der Waals surface area contributed by atoms with Gasteiger partial charge in [-0.2, -0.15) is 4.98 Å². The van der Waals surface area contributed by atoms with Crippen LogP contribution in [-0.2, 0) is 6.54 Å². The van der Waals surface area contributed by atoms with Gasteiger partial charge in [-0.25, -0.2) is 0 Å². The summed E-state index contributed by atoms with van der Waals surface area (Å²) in [5, 5.41) is 4.00. The highest BCUT2D eigenvalue weighted by Crippen LogP contribution is 2.27. The van der Waals surface area contributed by atoms with Crippen LogP contribution in [0.3, 0.4) is 0 Å². The van der Waals surface area contributed by atoms with Crippen LogP contribution < -0.4 is 0 Å². The Labute approximate surface area is 133 Å². The van der Waals surface area contributed by atoms with E-state index in [1.54, 1.807) is 6.20 Å². The lowest BCUT2D eigenvalue weighted by atomic mass is 10.2. The van der Waals surface area contributed by atoms with Crippen LogP contribution in [0.4, 0.5) is 0 Å². The molecule has 3 heterocycles. The van der Waals surface area contributed by atoms with Gasteiger partial charge in [-0.15, -0.1) is 11.3 Å². The van der Waals surface area contributed by atoms with E-state index in [1.165, 1.54) is 9.75 Å². The quantitative estimate of drug-likeness (QED) is 0.719. The van der Waals surface area contributed by atoms with Crippen LogP contribution in [0.5, 0.6) is 0 Å². The van der Waals surface area contributed by atoms with E-state index in [-0.39, 0.29) is 0 Å². The molecule has 22 heavy (non-hydrogen) atoms. The van der Waals surface area contributed by atoms with Crippen LogP contribution in [0.1, 0.15) is 28.6 Å². The van der Waals surface area contributed by atoms with Crippen molar-refractivity contribution in [2.45, 2.75) is 26.4 Å². The molecule has 0 spiro atoms. The average Bonchev–Trinajstić information content (AvgIpc) is 3.16. The highest BCUT2D eigenvalue weighted by Gasteiger charge is 2.17. The Morgan fingerprint density at radius 3 is 2.82 bits per heavy atom. The van der Waals surface area contributed by atoms with Gasteiger partial charge in [0.1, 0.15) is 5.69 Å². The summed E-state index contributed by atoms with van der Waals surface area (Å²) in [4.78, 5) is 13.5. The number of aromatic nitrogens is 3. The molecule has 3 aromatic rings. The molecule has 1 atom stereocenters. The third-order valence-corrected chi connectivity index (χ3v) is 4.75. The molecule has 0 aromatic carbocycles. The summed E-state index contributed by atoms with van der Waals surface area (Å²) in [6.45, 7) is 4.91. The summed E-state index contributed by atoms with van der Waals surface area (Å²) in [5.74, 6) is 1.13. The van der Waals surface area contributed by atoms with Gasteiger partial charge in [0.05, 0.1) is 6.54 Å². The van der Waals surface area contributed by atoms with E-state index in [2.05, 4.69) is 53.1 Å². The first kappa shape index (κ1) is 14.9. The van der Waals surface area contributed by atoms with E-state index in [4.69, 9.17) is 4.52 Å². The Balaban J connectivity index is 1.69. The fourth-order valence-electron chi connectivity index (χ4n) is 2.16. The van der Waals surface area contributed by atoms with Crippen LogP contribution in [-0.4, -0.2) is 27.1 Å². The SMILES string of the molecule is Cc1ccc(C(C)N(C)Cc2nc(-c3ccccn3)no2)s1. The fourth-order valence-corrected chi connectivity index (χ4v) is 3.16. The van der Waals surface area contributed by atoms with Crippen LogP contribution in [0.2, 0.25) is 0 Å². The molecule has 0 fully saturated rings. The molecule has 5 nitrogen and oxygen atoms in total. The molecule has 0 saturated carbocycles. The second kappa shape index (κ2) is 6.37. The zero-order chi connectivity index (χ0) is 15.5. The Morgan fingerprint density at radius 1 is 1.27 bits per heavy atom. The molecule has 0 aliphatic carbocycles. The average molecular weight is 314 g/mol. The molecule has 0 radical (unpaired) electrons. The van der Waals surface area contributed by atoms with Gasteiger partial charge in [-0.1, -0.05) is 11.2 Å². The molecule has 0 bridgehead atoms. The summed E-state index contributed by atoms with van der Waals surface area (Å²) in [7, 11) is 2.06. The monoisotopic (exact) mass is 314 g/mol. The van der Waals surface area contributed by atoms with Crippen molar-refractivity contribution in [2.24, 2.45) is 0 Å². The predicted octanol–water partition coefficient (Wildman–Crippen LogP) is 3.69. The van der Waals surface area contributed by atoms with Gasteiger partial charge in [0.2, 0.25) is 11.7 Å². The molecule has 0 aliphatic heterocycles. The van der Waals surface area contributed by atoms with E-state index in [0.717, 1.165) is 5.69 Å². The van der Waals surface area contributed by atoms with Crippen LogP contribution in [0.25, 0.3) is 11.5 Å². The maximum atomic E-state index is 5.34. The second-order valence-electron chi connectivity index (χ2n) is 5.27. The third-order valence-electron chi connectivity index (χ3n) is 3.58. The summed E-state index contributed by atoms with van der Waals surface area (Å²) >= 11 is 1.82. The summed E-state index contributed by atoms with van der Waals surface area (Å²) in [6, 6.07) is 10.3. The van der Waals surface area contributed by atoms with Crippen molar-refractivity contribution in [1.29, 1.82) is 0 Å². The Kier molecular flexibility index (Phi) is 4.31. The van der Waals surface area contributed by atoms with Gasteiger partial charge in [0.25, 0.3) is 0 Å². The van der Waals surface area contributed by atoms with Crippen molar-refractivity contribution in [3.63, 3.8) is 0 Å². The molecule has 0 N–H and O–H groups in total. The largest absolute Gasteiger partial charge is 0.337 e. The molecule has 3 rings (SSSR count). The standard InChI is InChI=1S/C16H18N4OS/c1-11-7-8-14(22-11)12(2)20(3)10-15-18-16(19-21-15)13-6-4-5-9-17-13/h4-9,12H,10H2,1-3H3. The van der Waals surface area contributed by atoms with Crippen molar-refractivity contribution >= 4 is 11.3 Å². The second-order valence-corrected chi connectivity index (χ2v) is 6.59. The third kappa shape index (κ3) is 3.23. The van der Waals surface area contributed by atoms with Crippen molar-refractivity contribution in [3.05, 3.63) is 52.2 Å². The van der Waals surface area contributed by atoms with Crippen LogP contribution in [0, 0.1) is 6.92 Å². The summed E-state index contributed by atoms with van der Waals surface area (Å²) in [6.07, 6.45) is 1.72. The van der Waals surface area contributed by atoms with E-state index in [9.17, 15) is 0 Å². The lowest BCUT2D eigenvalue weighted by Gasteiger charge is -2.21. The molecule has 6 heteroatoms. The minimum absolute atomic E-state index is 0.309. The molecule has 0 saturated heterocycles. The number of thiophene rings is 1. The number of aryl methyl sites for hydroxylation is 1. The number of nitrogens with zero attached hydrogens (tertiary/aromatic N) is 4. The minimum Gasteiger partial charge on any atom is -0.337 e. The number of hydrogen-bond acceptors (Lipinski definition) is 6. The Morgan fingerprint density at radius 2 is 2.14 bits per heavy atom. The maximum Gasteiger partial charge on any atom is 0.241 e. The number of pyridine rings is 1. The first-order valence-corrected chi connectivity index (χ1v) is 7.95. The number of rotatable bonds is 5. The lowest BCUT2D eigenvalue weighted by molar-refractivity contribution is 0.219. The molecule has 0 aliphatic rings. The normalized spacial score (nSPS) is 12.7. The van der Waals surface area contributed by atoms with Gasteiger partial charge in [-0.05, 0) is 45.2 Å². The first-order chi connectivity index (χ1) is 10.6. The van der Waals surface area contributed by atoms with E-state index >= 15 is 0 Å². The fraction of sp³-hybridized carbons (Fsp3) is 0.312. The van der Waals surface area contributed by atoms with Crippen LogP contribution >= 0.6 is 11.3 Å². The molecule has 3 aromatic heterocycles. The molecule has 1 unspecified atom stereocenters. The van der Waals surface area contributed by atoms with E-state index in [1.807, 2.05) is 29.5 Å². The molecule has 0 amide bonds. The Bertz CT molecular complexity index is 737. The lowest BCUT2D eigenvalue weighted by Crippen LogP contribution is -2.21. The van der Waals surface area contributed by atoms with Crippen molar-refractivity contribution in [2.75, 3.05) is 7.05 Å². The van der Waals surface area contributed by atoms with Crippen molar-refractivity contribution < 1.29 is 4.52 Å². The van der Waals surface area contributed by atoms with Crippen LogP contribution in [0.15, 0.2) is 41.1 Å². The molecular weight excluding hydrogens is 296 g/mol. The van der Waals surface area contributed by atoms with E-state index in [0.29, 0.717) is 24.3 Å². The maximum absolute atomic E-state index is 5.34. The van der Waals surface area contributed by atoms with Gasteiger partial charge in [0.15, 0.2) is 0 Å². The van der Waals surface area contributed by atoms with Gasteiger partial charge >= 0.3 is 0 Å². The zero-order valence-corrected chi connectivity index (χ0v) is 13.7. The summed E-state index contributed by atoms with van der Waals surface area (Å²) in [5.41, 5.74) is 0.724. The first-order valence-electron chi connectivity index (χ1n) is 7.14.